The van der Waals surface area contributed by atoms with Crippen LogP contribution in [0.2, 0.25) is 0 Å². The van der Waals surface area contributed by atoms with Gasteiger partial charge in [0.1, 0.15) is 5.82 Å². The summed E-state index contributed by atoms with van der Waals surface area (Å²) in [6.07, 6.45) is 0.468. The summed E-state index contributed by atoms with van der Waals surface area (Å²) in [6, 6.07) is 11.9. The fourth-order valence-corrected chi connectivity index (χ4v) is 1.75. The van der Waals surface area contributed by atoms with E-state index in [9.17, 15) is 4.79 Å². The standard InChI is InChI=1S/C14H17N3O/c1-3-14(18)15-13-9-11(2)16-17(13)10-12-7-5-4-6-8-12/h4-9H,3,10H2,1-2H3,(H,15,18). The molecule has 0 saturated carbocycles. The van der Waals surface area contributed by atoms with Crippen molar-refractivity contribution in [2.24, 2.45) is 0 Å². The Morgan fingerprint density at radius 1 is 1.33 bits per heavy atom. The molecule has 0 saturated heterocycles. The predicted octanol–water partition coefficient (Wildman–Crippen LogP) is 2.59. The van der Waals surface area contributed by atoms with Crippen molar-refractivity contribution >= 4 is 11.7 Å². The maximum atomic E-state index is 11.4. The van der Waals surface area contributed by atoms with Crippen LogP contribution < -0.4 is 5.32 Å². The monoisotopic (exact) mass is 243 g/mol. The summed E-state index contributed by atoms with van der Waals surface area (Å²) in [4.78, 5) is 11.4. The third-order valence-electron chi connectivity index (χ3n) is 2.67. The minimum atomic E-state index is 0.00390. The van der Waals surface area contributed by atoms with E-state index in [0.29, 0.717) is 13.0 Å². The molecule has 1 amide bonds. The van der Waals surface area contributed by atoms with Gasteiger partial charge in [0.2, 0.25) is 5.91 Å². The molecule has 2 rings (SSSR count). The number of benzene rings is 1. The highest BCUT2D eigenvalue weighted by Crippen LogP contribution is 2.13. The van der Waals surface area contributed by atoms with Gasteiger partial charge in [-0.25, -0.2) is 4.68 Å². The Morgan fingerprint density at radius 2 is 2.06 bits per heavy atom. The number of carbonyl (C=O) groups excluding carboxylic acids is 1. The molecule has 0 aliphatic heterocycles. The zero-order valence-corrected chi connectivity index (χ0v) is 10.7. The number of aromatic nitrogens is 2. The normalized spacial score (nSPS) is 10.3. The van der Waals surface area contributed by atoms with E-state index in [0.717, 1.165) is 17.1 Å². The zero-order chi connectivity index (χ0) is 13.0. The molecule has 0 aliphatic rings. The first kappa shape index (κ1) is 12.4. The number of rotatable bonds is 4. The first-order valence-corrected chi connectivity index (χ1v) is 6.07. The number of nitrogens with one attached hydrogen (secondary N) is 1. The molecule has 0 radical (unpaired) electrons. The van der Waals surface area contributed by atoms with Crippen LogP contribution in [0.1, 0.15) is 24.6 Å². The van der Waals surface area contributed by atoms with Crippen LogP contribution in [0.3, 0.4) is 0 Å². The maximum absolute atomic E-state index is 11.4. The lowest BCUT2D eigenvalue weighted by molar-refractivity contribution is -0.115. The van der Waals surface area contributed by atoms with Gasteiger partial charge in [0.05, 0.1) is 12.2 Å². The second kappa shape index (κ2) is 5.49. The summed E-state index contributed by atoms with van der Waals surface area (Å²) >= 11 is 0. The lowest BCUT2D eigenvalue weighted by Gasteiger charge is -2.08. The van der Waals surface area contributed by atoms with Crippen molar-refractivity contribution in [3.05, 3.63) is 47.7 Å². The number of anilines is 1. The molecule has 94 valence electrons. The molecule has 4 heteroatoms. The molecule has 0 unspecified atom stereocenters. The molecule has 0 bridgehead atoms. The Balaban J connectivity index is 2.19. The number of aryl methyl sites for hydroxylation is 1. The maximum Gasteiger partial charge on any atom is 0.225 e. The van der Waals surface area contributed by atoms with E-state index >= 15 is 0 Å². The highest BCUT2D eigenvalue weighted by atomic mass is 16.1. The largest absolute Gasteiger partial charge is 0.311 e. The summed E-state index contributed by atoms with van der Waals surface area (Å²) in [5.41, 5.74) is 2.06. The van der Waals surface area contributed by atoms with Crippen LogP contribution in [0.5, 0.6) is 0 Å². The van der Waals surface area contributed by atoms with Crippen molar-refractivity contribution in [2.45, 2.75) is 26.8 Å². The van der Waals surface area contributed by atoms with Gasteiger partial charge in [-0.05, 0) is 12.5 Å². The molecule has 1 heterocycles. The fourth-order valence-electron chi connectivity index (χ4n) is 1.75. The molecule has 0 aliphatic carbocycles. The highest BCUT2D eigenvalue weighted by molar-refractivity contribution is 5.89. The molecule has 1 aromatic heterocycles. The van der Waals surface area contributed by atoms with E-state index in [-0.39, 0.29) is 5.91 Å². The first-order chi connectivity index (χ1) is 8.69. The quantitative estimate of drug-likeness (QED) is 0.897. The Bertz CT molecular complexity index is 531. The summed E-state index contributed by atoms with van der Waals surface area (Å²) in [5.74, 6) is 0.757. The van der Waals surface area contributed by atoms with Crippen molar-refractivity contribution < 1.29 is 4.79 Å². The van der Waals surface area contributed by atoms with E-state index in [4.69, 9.17) is 0 Å². The van der Waals surface area contributed by atoms with Gasteiger partial charge < -0.3 is 5.32 Å². The second-order valence-corrected chi connectivity index (χ2v) is 4.22. The van der Waals surface area contributed by atoms with Crippen LogP contribution >= 0.6 is 0 Å². The van der Waals surface area contributed by atoms with Gasteiger partial charge in [-0.2, -0.15) is 5.10 Å². The number of nitrogens with zero attached hydrogens (tertiary/aromatic N) is 2. The molecule has 1 N–H and O–H groups in total. The highest BCUT2D eigenvalue weighted by Gasteiger charge is 2.08. The van der Waals surface area contributed by atoms with Crippen molar-refractivity contribution in [2.75, 3.05) is 5.32 Å². The number of carbonyl (C=O) groups is 1. The first-order valence-electron chi connectivity index (χ1n) is 6.07. The smallest absolute Gasteiger partial charge is 0.225 e. The van der Waals surface area contributed by atoms with Gasteiger partial charge in [0, 0.05) is 12.5 Å². The van der Waals surface area contributed by atoms with Gasteiger partial charge in [-0.3, -0.25) is 4.79 Å². The minimum absolute atomic E-state index is 0.00390. The molecule has 1 aromatic carbocycles. The van der Waals surface area contributed by atoms with Crippen molar-refractivity contribution in [1.29, 1.82) is 0 Å². The third-order valence-corrected chi connectivity index (χ3v) is 2.67. The summed E-state index contributed by atoms with van der Waals surface area (Å²) in [5, 5.41) is 7.26. The predicted molar refractivity (Wildman–Crippen MR) is 71.4 cm³/mol. The van der Waals surface area contributed by atoms with Crippen LogP contribution in [0.25, 0.3) is 0 Å². The molecular weight excluding hydrogens is 226 g/mol. The third kappa shape index (κ3) is 2.97. The van der Waals surface area contributed by atoms with E-state index in [1.54, 1.807) is 0 Å². The molecular formula is C14H17N3O. The summed E-state index contributed by atoms with van der Waals surface area (Å²) in [6.45, 7) is 4.41. The molecule has 18 heavy (non-hydrogen) atoms. The molecule has 0 atom stereocenters. The molecule has 0 spiro atoms. The average molecular weight is 243 g/mol. The zero-order valence-electron chi connectivity index (χ0n) is 10.7. The molecule has 2 aromatic rings. The van der Waals surface area contributed by atoms with Crippen molar-refractivity contribution in [3.8, 4) is 0 Å². The van der Waals surface area contributed by atoms with Gasteiger partial charge in [0.15, 0.2) is 0 Å². The molecule has 4 nitrogen and oxygen atoms in total. The Labute approximate surface area is 107 Å². The average Bonchev–Trinajstić information content (AvgIpc) is 2.70. The van der Waals surface area contributed by atoms with Crippen molar-refractivity contribution in [1.82, 2.24) is 9.78 Å². The van der Waals surface area contributed by atoms with E-state index in [1.165, 1.54) is 0 Å². The van der Waals surface area contributed by atoms with Gasteiger partial charge in [-0.15, -0.1) is 0 Å². The van der Waals surface area contributed by atoms with E-state index in [2.05, 4.69) is 10.4 Å². The van der Waals surface area contributed by atoms with Crippen molar-refractivity contribution in [3.63, 3.8) is 0 Å². The Morgan fingerprint density at radius 3 is 2.72 bits per heavy atom. The van der Waals surface area contributed by atoms with E-state index < -0.39 is 0 Å². The second-order valence-electron chi connectivity index (χ2n) is 4.22. The Kier molecular flexibility index (Phi) is 3.77. The van der Waals surface area contributed by atoms with E-state index in [1.807, 2.05) is 54.9 Å². The van der Waals surface area contributed by atoms with Crippen LogP contribution in [0.4, 0.5) is 5.82 Å². The topological polar surface area (TPSA) is 46.9 Å². The number of amides is 1. The summed E-state index contributed by atoms with van der Waals surface area (Å²) in [7, 11) is 0. The Hall–Kier alpha value is -2.10. The van der Waals surface area contributed by atoms with Crippen LogP contribution in [-0.4, -0.2) is 15.7 Å². The van der Waals surface area contributed by atoms with Gasteiger partial charge >= 0.3 is 0 Å². The molecule has 0 fully saturated rings. The van der Waals surface area contributed by atoms with Crippen LogP contribution in [0, 0.1) is 6.92 Å². The van der Waals surface area contributed by atoms with Crippen LogP contribution in [0.15, 0.2) is 36.4 Å². The lowest BCUT2D eigenvalue weighted by atomic mass is 10.2. The fraction of sp³-hybridized carbons (Fsp3) is 0.286. The van der Waals surface area contributed by atoms with Gasteiger partial charge in [-0.1, -0.05) is 37.3 Å². The van der Waals surface area contributed by atoms with Crippen LogP contribution in [-0.2, 0) is 11.3 Å². The number of hydrogen-bond donors (Lipinski definition) is 1. The van der Waals surface area contributed by atoms with Gasteiger partial charge in [0.25, 0.3) is 0 Å². The lowest BCUT2D eigenvalue weighted by Crippen LogP contribution is -2.14. The SMILES string of the molecule is CCC(=O)Nc1cc(C)nn1Cc1ccccc1. The minimum Gasteiger partial charge on any atom is -0.311 e. The number of hydrogen-bond acceptors (Lipinski definition) is 2. The summed E-state index contributed by atoms with van der Waals surface area (Å²) < 4.78 is 1.82.